The summed E-state index contributed by atoms with van der Waals surface area (Å²) in [5.74, 6) is 0.279. The third-order valence-electron chi connectivity index (χ3n) is 4.69. The second kappa shape index (κ2) is 5.52. The summed E-state index contributed by atoms with van der Waals surface area (Å²) in [4.78, 5) is 18.9. The fourth-order valence-electron chi connectivity index (χ4n) is 3.72. The predicted octanol–water partition coefficient (Wildman–Crippen LogP) is 2.16. The highest BCUT2D eigenvalue weighted by Gasteiger charge is 2.40. The molecule has 0 radical (unpaired) electrons. The molecular formula is C16H22N2O2. The number of likely N-dealkylation sites (tertiary alicyclic amines) is 1. The Morgan fingerprint density at radius 3 is 2.85 bits per heavy atom. The number of carbonyl (C=O) groups is 1. The Hall–Kier alpha value is -1.42. The number of carbonyl (C=O) groups excluding carboxylic acids is 1. The second-order valence-electron chi connectivity index (χ2n) is 6.03. The average Bonchev–Trinajstić information content (AvgIpc) is 3.06. The van der Waals surface area contributed by atoms with E-state index in [4.69, 9.17) is 0 Å². The van der Waals surface area contributed by atoms with Gasteiger partial charge in [-0.1, -0.05) is 12.5 Å². The molecule has 3 rings (SSSR count). The lowest BCUT2D eigenvalue weighted by Gasteiger charge is -2.31. The van der Waals surface area contributed by atoms with Crippen molar-refractivity contribution in [3.05, 3.63) is 29.6 Å². The Morgan fingerprint density at radius 2 is 2.15 bits per heavy atom. The highest BCUT2D eigenvalue weighted by molar-refractivity contribution is 5.92. The zero-order valence-corrected chi connectivity index (χ0v) is 12.0. The molecule has 0 bridgehead atoms. The summed E-state index contributed by atoms with van der Waals surface area (Å²) in [5, 5.41) is 10.1. The van der Waals surface area contributed by atoms with Crippen LogP contribution in [0, 0.1) is 12.8 Å². The van der Waals surface area contributed by atoms with E-state index in [-0.39, 0.29) is 24.0 Å². The molecule has 0 spiro atoms. The molecular weight excluding hydrogens is 252 g/mol. The number of aliphatic hydroxyl groups excluding tert-OH is 1. The normalized spacial score (nSPS) is 29.9. The summed E-state index contributed by atoms with van der Waals surface area (Å²) in [5.41, 5.74) is 1.40. The molecule has 2 aliphatic rings. The third kappa shape index (κ3) is 2.44. The van der Waals surface area contributed by atoms with E-state index in [1.165, 1.54) is 0 Å². The average molecular weight is 274 g/mol. The van der Waals surface area contributed by atoms with Crippen LogP contribution in [0.15, 0.2) is 18.2 Å². The molecule has 4 nitrogen and oxygen atoms in total. The van der Waals surface area contributed by atoms with Crippen molar-refractivity contribution in [1.82, 2.24) is 9.88 Å². The Morgan fingerprint density at radius 1 is 1.30 bits per heavy atom. The van der Waals surface area contributed by atoms with Gasteiger partial charge in [0.25, 0.3) is 5.91 Å². The topological polar surface area (TPSA) is 53.4 Å². The van der Waals surface area contributed by atoms with Crippen molar-refractivity contribution in [2.45, 2.75) is 51.2 Å². The first-order chi connectivity index (χ1) is 9.66. The molecule has 1 aliphatic heterocycles. The SMILES string of the molecule is Cc1cccc(C(=O)N2CCCC2C2CCCC2O)n1. The van der Waals surface area contributed by atoms with Crippen molar-refractivity contribution in [3.63, 3.8) is 0 Å². The molecule has 2 heterocycles. The molecule has 3 unspecified atom stereocenters. The van der Waals surface area contributed by atoms with Gasteiger partial charge in [-0.3, -0.25) is 4.79 Å². The van der Waals surface area contributed by atoms with Crippen molar-refractivity contribution in [2.75, 3.05) is 6.54 Å². The van der Waals surface area contributed by atoms with Crippen molar-refractivity contribution in [2.24, 2.45) is 5.92 Å². The number of pyridine rings is 1. The first-order valence-corrected chi connectivity index (χ1v) is 7.59. The maximum atomic E-state index is 12.7. The van der Waals surface area contributed by atoms with E-state index in [0.29, 0.717) is 5.69 Å². The van der Waals surface area contributed by atoms with Gasteiger partial charge in [0, 0.05) is 24.2 Å². The summed E-state index contributed by atoms with van der Waals surface area (Å²) >= 11 is 0. The molecule has 2 fully saturated rings. The van der Waals surface area contributed by atoms with E-state index in [0.717, 1.165) is 44.3 Å². The molecule has 1 aromatic rings. The van der Waals surface area contributed by atoms with Gasteiger partial charge < -0.3 is 10.0 Å². The fourth-order valence-corrected chi connectivity index (χ4v) is 3.72. The molecule has 4 heteroatoms. The van der Waals surface area contributed by atoms with Gasteiger partial charge in [0.15, 0.2) is 0 Å². The van der Waals surface area contributed by atoms with Crippen LogP contribution in [-0.4, -0.2) is 39.6 Å². The minimum atomic E-state index is -0.237. The van der Waals surface area contributed by atoms with Gasteiger partial charge in [0.2, 0.25) is 0 Å². The highest BCUT2D eigenvalue weighted by Crippen LogP contribution is 2.36. The summed E-state index contributed by atoms with van der Waals surface area (Å²) in [6, 6.07) is 5.77. The molecule has 1 amide bonds. The van der Waals surface area contributed by atoms with Gasteiger partial charge >= 0.3 is 0 Å². The van der Waals surface area contributed by atoms with Crippen LogP contribution in [0.2, 0.25) is 0 Å². The molecule has 108 valence electrons. The fraction of sp³-hybridized carbons (Fsp3) is 0.625. The smallest absolute Gasteiger partial charge is 0.272 e. The van der Waals surface area contributed by atoms with Crippen molar-refractivity contribution in [3.8, 4) is 0 Å². The Kier molecular flexibility index (Phi) is 3.74. The van der Waals surface area contributed by atoms with E-state index < -0.39 is 0 Å². The zero-order valence-electron chi connectivity index (χ0n) is 12.0. The van der Waals surface area contributed by atoms with Crippen LogP contribution in [0.4, 0.5) is 0 Å². The predicted molar refractivity (Wildman–Crippen MR) is 76.4 cm³/mol. The van der Waals surface area contributed by atoms with Crippen LogP contribution in [0.5, 0.6) is 0 Å². The molecule has 0 aromatic carbocycles. The zero-order chi connectivity index (χ0) is 14.1. The van der Waals surface area contributed by atoms with Gasteiger partial charge in [0.1, 0.15) is 5.69 Å². The molecule has 1 saturated heterocycles. The lowest BCUT2D eigenvalue weighted by molar-refractivity contribution is 0.0523. The Balaban J connectivity index is 1.79. The van der Waals surface area contributed by atoms with E-state index in [1.807, 2.05) is 24.0 Å². The standard InChI is InChI=1S/C16H22N2O2/c1-11-5-2-7-13(17-11)16(20)18-10-4-8-14(18)12-6-3-9-15(12)19/h2,5,7,12,14-15,19H,3-4,6,8-10H2,1H3. The number of amides is 1. The van der Waals surface area contributed by atoms with Crippen LogP contribution >= 0.6 is 0 Å². The van der Waals surface area contributed by atoms with Gasteiger partial charge in [-0.25, -0.2) is 4.98 Å². The molecule has 3 atom stereocenters. The van der Waals surface area contributed by atoms with Gasteiger partial charge in [-0.2, -0.15) is 0 Å². The summed E-state index contributed by atoms with van der Waals surface area (Å²) < 4.78 is 0. The van der Waals surface area contributed by atoms with Crippen LogP contribution in [-0.2, 0) is 0 Å². The van der Waals surface area contributed by atoms with E-state index >= 15 is 0 Å². The first-order valence-electron chi connectivity index (χ1n) is 7.59. The number of aliphatic hydroxyl groups is 1. The number of aryl methyl sites for hydroxylation is 1. The number of aromatic nitrogens is 1. The highest BCUT2D eigenvalue weighted by atomic mass is 16.3. The van der Waals surface area contributed by atoms with Crippen LogP contribution in [0.3, 0.4) is 0 Å². The minimum Gasteiger partial charge on any atom is -0.393 e. The third-order valence-corrected chi connectivity index (χ3v) is 4.69. The number of hydrogen-bond donors (Lipinski definition) is 1. The summed E-state index contributed by atoms with van der Waals surface area (Å²) in [7, 11) is 0. The lowest BCUT2D eigenvalue weighted by atomic mass is 9.94. The molecule has 1 aliphatic carbocycles. The number of hydrogen-bond acceptors (Lipinski definition) is 3. The molecule has 1 N–H and O–H groups in total. The minimum absolute atomic E-state index is 0.0234. The van der Waals surface area contributed by atoms with Crippen LogP contribution in [0.25, 0.3) is 0 Å². The van der Waals surface area contributed by atoms with Gasteiger partial charge in [-0.05, 0) is 44.7 Å². The largest absolute Gasteiger partial charge is 0.393 e. The Labute approximate surface area is 119 Å². The van der Waals surface area contributed by atoms with Crippen LogP contribution < -0.4 is 0 Å². The van der Waals surface area contributed by atoms with Gasteiger partial charge in [0.05, 0.1) is 6.10 Å². The lowest BCUT2D eigenvalue weighted by Crippen LogP contribution is -2.42. The maximum Gasteiger partial charge on any atom is 0.272 e. The van der Waals surface area contributed by atoms with Crippen molar-refractivity contribution < 1.29 is 9.90 Å². The van der Waals surface area contributed by atoms with Crippen LogP contribution in [0.1, 0.15) is 48.3 Å². The van der Waals surface area contributed by atoms with E-state index in [9.17, 15) is 9.90 Å². The quantitative estimate of drug-likeness (QED) is 0.899. The summed E-state index contributed by atoms with van der Waals surface area (Å²) in [6.45, 7) is 2.70. The molecule has 1 saturated carbocycles. The molecule has 1 aromatic heterocycles. The summed E-state index contributed by atoms with van der Waals surface area (Å²) in [6.07, 6.45) is 4.81. The monoisotopic (exact) mass is 274 g/mol. The number of rotatable bonds is 2. The first kappa shape index (κ1) is 13.6. The van der Waals surface area contributed by atoms with E-state index in [2.05, 4.69) is 4.98 Å². The van der Waals surface area contributed by atoms with E-state index in [1.54, 1.807) is 6.07 Å². The van der Waals surface area contributed by atoms with Crippen molar-refractivity contribution in [1.29, 1.82) is 0 Å². The second-order valence-corrected chi connectivity index (χ2v) is 6.03. The van der Waals surface area contributed by atoms with Gasteiger partial charge in [-0.15, -0.1) is 0 Å². The number of nitrogens with zero attached hydrogens (tertiary/aromatic N) is 2. The maximum absolute atomic E-state index is 12.7. The van der Waals surface area contributed by atoms with Crippen molar-refractivity contribution >= 4 is 5.91 Å². The Bertz CT molecular complexity index is 503. The molecule has 20 heavy (non-hydrogen) atoms.